The molecule has 4 nitrogen and oxygen atoms in total. The van der Waals surface area contributed by atoms with E-state index in [1.165, 1.54) is 0 Å². The highest BCUT2D eigenvalue weighted by Gasteiger charge is 2.11. The van der Waals surface area contributed by atoms with Gasteiger partial charge in [-0.2, -0.15) is 0 Å². The van der Waals surface area contributed by atoms with Gasteiger partial charge in [0.1, 0.15) is 11.3 Å². The van der Waals surface area contributed by atoms with Crippen molar-refractivity contribution in [1.29, 1.82) is 0 Å². The third kappa shape index (κ3) is 1.66. The molecule has 0 bridgehead atoms. The number of fused-ring (bicyclic) bond motifs is 1. The van der Waals surface area contributed by atoms with Crippen molar-refractivity contribution in [2.75, 3.05) is 7.11 Å². The summed E-state index contributed by atoms with van der Waals surface area (Å²) in [5, 5.41) is 10.6. The molecule has 0 spiro atoms. The Kier molecular flexibility index (Phi) is 2.64. The van der Waals surface area contributed by atoms with Crippen molar-refractivity contribution in [3.05, 3.63) is 23.5 Å². The lowest BCUT2D eigenvalue weighted by molar-refractivity contribution is 0.400. The van der Waals surface area contributed by atoms with Crippen LogP contribution in [-0.2, 0) is 6.42 Å². The van der Waals surface area contributed by atoms with Crippen LogP contribution in [0.1, 0.15) is 18.3 Å². The maximum absolute atomic E-state index is 9.87. The molecule has 1 N–H and O–H groups in total. The van der Waals surface area contributed by atoms with Crippen LogP contribution in [0.15, 0.2) is 12.1 Å². The Morgan fingerprint density at radius 1 is 1.31 bits per heavy atom. The van der Waals surface area contributed by atoms with Crippen LogP contribution >= 0.6 is 0 Å². The van der Waals surface area contributed by atoms with Crippen LogP contribution in [0.3, 0.4) is 0 Å². The van der Waals surface area contributed by atoms with Crippen molar-refractivity contribution in [1.82, 2.24) is 9.97 Å². The van der Waals surface area contributed by atoms with Crippen LogP contribution in [0.2, 0.25) is 0 Å². The Morgan fingerprint density at radius 3 is 2.69 bits per heavy atom. The van der Waals surface area contributed by atoms with Crippen LogP contribution in [0.4, 0.5) is 0 Å². The third-order valence-corrected chi connectivity index (χ3v) is 2.48. The van der Waals surface area contributed by atoms with E-state index in [4.69, 9.17) is 4.74 Å². The zero-order valence-electron chi connectivity index (χ0n) is 9.61. The molecular formula is C12H14N2O2. The van der Waals surface area contributed by atoms with E-state index in [1.54, 1.807) is 13.2 Å². The number of aromatic hydroxyl groups is 1. The molecule has 0 amide bonds. The van der Waals surface area contributed by atoms with Gasteiger partial charge in [-0.1, -0.05) is 6.92 Å². The molecule has 0 unspecified atom stereocenters. The molecule has 0 saturated heterocycles. The molecule has 0 radical (unpaired) electrons. The molecule has 4 heteroatoms. The summed E-state index contributed by atoms with van der Waals surface area (Å²) in [5.74, 6) is 0.686. The molecule has 2 aromatic rings. The van der Waals surface area contributed by atoms with E-state index in [2.05, 4.69) is 9.97 Å². The van der Waals surface area contributed by atoms with Gasteiger partial charge in [0.2, 0.25) is 5.88 Å². The summed E-state index contributed by atoms with van der Waals surface area (Å²) >= 11 is 0. The number of hydrogen-bond acceptors (Lipinski definition) is 4. The number of nitrogens with zero attached hydrogens (tertiary/aromatic N) is 2. The summed E-state index contributed by atoms with van der Waals surface area (Å²) in [6, 6.07) is 3.49. The first-order valence-electron chi connectivity index (χ1n) is 5.20. The molecule has 2 heterocycles. The summed E-state index contributed by atoms with van der Waals surface area (Å²) in [6.45, 7) is 3.83. The van der Waals surface area contributed by atoms with Gasteiger partial charge in [-0.3, -0.25) is 0 Å². The van der Waals surface area contributed by atoms with Crippen LogP contribution in [0, 0.1) is 6.92 Å². The molecule has 0 saturated carbocycles. The maximum atomic E-state index is 9.87. The lowest BCUT2D eigenvalue weighted by atomic mass is 10.1. The van der Waals surface area contributed by atoms with Gasteiger partial charge in [0, 0.05) is 22.8 Å². The normalized spacial score (nSPS) is 10.7. The molecular weight excluding hydrogens is 204 g/mol. The molecule has 0 fully saturated rings. The fourth-order valence-electron chi connectivity index (χ4n) is 1.68. The Bertz CT molecular complexity index is 538. The first kappa shape index (κ1) is 10.7. The van der Waals surface area contributed by atoms with Crippen molar-refractivity contribution >= 4 is 10.9 Å². The van der Waals surface area contributed by atoms with Crippen molar-refractivity contribution in [3.63, 3.8) is 0 Å². The molecule has 0 aliphatic carbocycles. The molecule has 0 atom stereocenters. The van der Waals surface area contributed by atoms with Gasteiger partial charge in [-0.25, -0.2) is 9.97 Å². The van der Waals surface area contributed by atoms with Crippen LogP contribution in [0.5, 0.6) is 11.6 Å². The third-order valence-electron chi connectivity index (χ3n) is 2.48. The summed E-state index contributed by atoms with van der Waals surface area (Å²) in [5.41, 5.74) is 2.23. The highest BCUT2D eigenvalue weighted by Crippen LogP contribution is 2.30. The van der Waals surface area contributed by atoms with Gasteiger partial charge in [-0.05, 0) is 19.4 Å². The highest BCUT2D eigenvalue weighted by atomic mass is 16.5. The zero-order chi connectivity index (χ0) is 11.7. The van der Waals surface area contributed by atoms with E-state index in [-0.39, 0.29) is 5.75 Å². The van der Waals surface area contributed by atoms with Gasteiger partial charge in [0.05, 0.1) is 7.11 Å². The summed E-state index contributed by atoms with van der Waals surface area (Å²) in [7, 11) is 1.56. The lowest BCUT2D eigenvalue weighted by Crippen LogP contribution is -1.97. The molecule has 84 valence electrons. The predicted octanol–water partition coefficient (Wildman–Crippen LogP) is 2.21. The molecule has 2 rings (SSSR count). The smallest absolute Gasteiger partial charge is 0.240 e. The van der Waals surface area contributed by atoms with Crippen molar-refractivity contribution in [2.24, 2.45) is 0 Å². The van der Waals surface area contributed by atoms with E-state index in [0.717, 1.165) is 17.8 Å². The molecule has 0 aliphatic heterocycles. The molecule has 0 aromatic carbocycles. The Morgan fingerprint density at radius 2 is 2.06 bits per heavy atom. The minimum atomic E-state index is 0.220. The van der Waals surface area contributed by atoms with Gasteiger partial charge in [0.25, 0.3) is 0 Å². The summed E-state index contributed by atoms with van der Waals surface area (Å²) in [4.78, 5) is 8.66. The van der Waals surface area contributed by atoms with E-state index < -0.39 is 0 Å². The molecule has 16 heavy (non-hydrogen) atoms. The Hall–Kier alpha value is -1.84. The van der Waals surface area contributed by atoms with E-state index >= 15 is 0 Å². The number of rotatable bonds is 2. The van der Waals surface area contributed by atoms with Gasteiger partial charge in [0.15, 0.2) is 0 Å². The maximum Gasteiger partial charge on any atom is 0.240 e. The van der Waals surface area contributed by atoms with Crippen molar-refractivity contribution in [2.45, 2.75) is 20.3 Å². The second-order valence-electron chi connectivity index (χ2n) is 3.66. The Labute approximate surface area is 93.9 Å². The first-order chi connectivity index (χ1) is 7.65. The average Bonchev–Trinajstić information content (AvgIpc) is 2.28. The van der Waals surface area contributed by atoms with Crippen LogP contribution in [0.25, 0.3) is 10.9 Å². The summed E-state index contributed by atoms with van der Waals surface area (Å²) < 4.78 is 5.20. The number of hydrogen-bond donors (Lipinski definition) is 1. The monoisotopic (exact) mass is 218 g/mol. The fraction of sp³-hybridized carbons (Fsp3) is 0.333. The number of pyridine rings is 2. The van der Waals surface area contributed by atoms with Gasteiger partial charge < -0.3 is 9.84 Å². The predicted molar refractivity (Wildman–Crippen MR) is 61.9 cm³/mol. The zero-order valence-corrected chi connectivity index (χ0v) is 9.61. The number of ether oxygens (including phenoxy) is 1. The Balaban J connectivity index is 2.83. The SMILES string of the molecule is CCc1cc2c(O)cc(C)nc2c(OC)n1. The van der Waals surface area contributed by atoms with E-state index in [0.29, 0.717) is 16.8 Å². The van der Waals surface area contributed by atoms with Crippen molar-refractivity contribution < 1.29 is 9.84 Å². The molecule has 2 aromatic heterocycles. The lowest BCUT2D eigenvalue weighted by Gasteiger charge is -2.08. The largest absolute Gasteiger partial charge is 0.507 e. The average molecular weight is 218 g/mol. The van der Waals surface area contributed by atoms with Gasteiger partial charge in [-0.15, -0.1) is 0 Å². The minimum Gasteiger partial charge on any atom is -0.507 e. The second-order valence-corrected chi connectivity index (χ2v) is 3.66. The second kappa shape index (κ2) is 3.96. The quantitative estimate of drug-likeness (QED) is 0.839. The standard InChI is InChI=1S/C12H14N2O2/c1-4-8-6-9-10(15)5-7(2)13-11(9)12(14-8)16-3/h5-6H,4H2,1-3H3,(H,13,15). The highest BCUT2D eigenvalue weighted by molar-refractivity contribution is 5.88. The molecule has 0 aliphatic rings. The first-order valence-corrected chi connectivity index (χ1v) is 5.20. The van der Waals surface area contributed by atoms with Crippen LogP contribution in [-0.4, -0.2) is 22.2 Å². The number of aromatic nitrogens is 2. The fourth-order valence-corrected chi connectivity index (χ4v) is 1.68. The minimum absolute atomic E-state index is 0.220. The van der Waals surface area contributed by atoms with Gasteiger partial charge >= 0.3 is 0 Å². The van der Waals surface area contributed by atoms with Crippen LogP contribution < -0.4 is 4.74 Å². The van der Waals surface area contributed by atoms with Crippen molar-refractivity contribution in [3.8, 4) is 11.6 Å². The van der Waals surface area contributed by atoms with E-state index in [1.807, 2.05) is 19.9 Å². The topological polar surface area (TPSA) is 55.2 Å². The van der Waals surface area contributed by atoms with E-state index in [9.17, 15) is 5.11 Å². The number of methoxy groups -OCH3 is 1. The number of aryl methyl sites for hydroxylation is 2. The summed E-state index contributed by atoms with van der Waals surface area (Å²) in [6.07, 6.45) is 0.791.